The molecule has 2 rings (SSSR count). The number of nitrogens with two attached hydrogens (primary N) is 1. The van der Waals surface area contributed by atoms with E-state index >= 15 is 0 Å². The van der Waals surface area contributed by atoms with Gasteiger partial charge in [-0.25, -0.2) is 4.98 Å². The number of rotatable bonds is 3. The molecule has 0 aliphatic carbocycles. The summed E-state index contributed by atoms with van der Waals surface area (Å²) in [7, 11) is 0. The topological polar surface area (TPSA) is 38.9 Å². The van der Waals surface area contributed by atoms with Gasteiger partial charge in [-0.15, -0.1) is 11.8 Å². The molecule has 0 amide bonds. The van der Waals surface area contributed by atoms with Crippen LogP contribution in [0.15, 0.2) is 47.6 Å². The number of aromatic nitrogens is 1. The third-order valence-electron chi connectivity index (χ3n) is 2.49. The Morgan fingerprint density at radius 3 is 2.42 bits per heavy atom. The SMILES string of the molecule is Nc1ccccc1CSc1ccc(C(F)(F)F)cn1. The van der Waals surface area contributed by atoms with E-state index < -0.39 is 11.7 Å². The van der Waals surface area contributed by atoms with Gasteiger partial charge in [0.05, 0.1) is 10.6 Å². The average molecular weight is 284 g/mol. The standard InChI is InChI=1S/C13H11F3N2S/c14-13(15,16)10-5-6-12(18-7-10)19-8-9-3-1-2-4-11(9)17/h1-7H,8,17H2. The molecule has 0 atom stereocenters. The Balaban J connectivity index is 2.03. The number of nitrogens with zero attached hydrogens (tertiary/aromatic N) is 1. The first-order chi connectivity index (χ1) is 8.97. The minimum absolute atomic E-state index is 0.538. The zero-order valence-corrected chi connectivity index (χ0v) is 10.6. The number of alkyl halides is 3. The number of hydrogen-bond donors (Lipinski definition) is 1. The highest BCUT2D eigenvalue weighted by Gasteiger charge is 2.30. The molecule has 1 aromatic carbocycles. The molecule has 0 unspecified atom stereocenters. The van der Waals surface area contributed by atoms with Crippen molar-refractivity contribution in [3.63, 3.8) is 0 Å². The van der Waals surface area contributed by atoms with Gasteiger partial charge in [0.2, 0.25) is 0 Å². The van der Waals surface area contributed by atoms with Crippen LogP contribution in [0.25, 0.3) is 0 Å². The summed E-state index contributed by atoms with van der Waals surface area (Å²) in [5.74, 6) is 0.574. The molecule has 0 saturated carbocycles. The summed E-state index contributed by atoms with van der Waals surface area (Å²) in [6.45, 7) is 0. The van der Waals surface area contributed by atoms with Gasteiger partial charge < -0.3 is 5.73 Å². The van der Waals surface area contributed by atoms with Gasteiger partial charge in [0.15, 0.2) is 0 Å². The van der Waals surface area contributed by atoms with E-state index in [0.29, 0.717) is 16.5 Å². The Bertz CT molecular complexity index is 553. The van der Waals surface area contributed by atoms with Crippen LogP contribution in [0.3, 0.4) is 0 Å². The molecule has 1 heterocycles. The molecule has 100 valence electrons. The molecule has 2 nitrogen and oxygen atoms in total. The third-order valence-corrected chi connectivity index (χ3v) is 3.49. The van der Waals surface area contributed by atoms with Gasteiger partial charge >= 0.3 is 6.18 Å². The summed E-state index contributed by atoms with van der Waals surface area (Å²) >= 11 is 1.35. The molecule has 0 aliphatic heterocycles. The van der Waals surface area contributed by atoms with Crippen molar-refractivity contribution < 1.29 is 13.2 Å². The van der Waals surface area contributed by atoms with E-state index in [0.717, 1.165) is 17.8 Å². The van der Waals surface area contributed by atoms with E-state index in [9.17, 15) is 13.2 Å². The molecule has 0 spiro atoms. The summed E-state index contributed by atoms with van der Waals surface area (Å²) in [6, 6.07) is 9.77. The molecular weight excluding hydrogens is 273 g/mol. The van der Waals surface area contributed by atoms with E-state index in [1.165, 1.54) is 17.8 Å². The first kappa shape index (κ1) is 13.7. The third kappa shape index (κ3) is 3.64. The Morgan fingerprint density at radius 2 is 1.84 bits per heavy atom. The molecule has 2 aromatic rings. The molecule has 0 bridgehead atoms. The fourth-order valence-corrected chi connectivity index (χ4v) is 2.31. The molecule has 2 N–H and O–H groups in total. The number of anilines is 1. The minimum atomic E-state index is -4.35. The number of pyridine rings is 1. The molecule has 1 aromatic heterocycles. The van der Waals surface area contributed by atoms with Gasteiger partial charge in [-0.2, -0.15) is 13.2 Å². The summed E-state index contributed by atoms with van der Waals surface area (Å²) in [5, 5.41) is 0.538. The monoisotopic (exact) mass is 284 g/mol. The lowest BCUT2D eigenvalue weighted by Crippen LogP contribution is -2.05. The van der Waals surface area contributed by atoms with Crippen molar-refractivity contribution in [1.29, 1.82) is 0 Å². The minimum Gasteiger partial charge on any atom is -0.398 e. The predicted octanol–water partition coefficient (Wildman–Crippen LogP) is 3.97. The maximum absolute atomic E-state index is 12.4. The van der Waals surface area contributed by atoms with E-state index in [4.69, 9.17) is 5.73 Å². The highest BCUT2D eigenvalue weighted by Crippen LogP contribution is 2.30. The highest BCUT2D eigenvalue weighted by molar-refractivity contribution is 7.98. The summed E-state index contributed by atoms with van der Waals surface area (Å²) in [6.07, 6.45) is -3.50. The lowest BCUT2D eigenvalue weighted by molar-refractivity contribution is -0.137. The largest absolute Gasteiger partial charge is 0.417 e. The molecule has 19 heavy (non-hydrogen) atoms. The fraction of sp³-hybridized carbons (Fsp3) is 0.154. The van der Waals surface area contributed by atoms with Crippen LogP contribution in [0.2, 0.25) is 0 Å². The second kappa shape index (κ2) is 5.52. The van der Waals surface area contributed by atoms with Crippen LogP contribution in [0, 0.1) is 0 Å². The Kier molecular flexibility index (Phi) is 3.99. The summed E-state index contributed by atoms with van der Waals surface area (Å²) < 4.78 is 37.1. The highest BCUT2D eigenvalue weighted by atomic mass is 32.2. The van der Waals surface area contributed by atoms with Crippen molar-refractivity contribution in [2.75, 3.05) is 5.73 Å². The predicted molar refractivity (Wildman–Crippen MR) is 69.7 cm³/mol. The quantitative estimate of drug-likeness (QED) is 0.684. The van der Waals surface area contributed by atoms with E-state index in [1.54, 1.807) is 6.07 Å². The Labute approximate surface area is 112 Å². The molecular formula is C13H11F3N2S. The second-order valence-electron chi connectivity index (χ2n) is 3.87. The Morgan fingerprint density at radius 1 is 1.11 bits per heavy atom. The van der Waals surface area contributed by atoms with Gasteiger partial charge in [-0.05, 0) is 23.8 Å². The van der Waals surface area contributed by atoms with Crippen molar-refractivity contribution in [2.45, 2.75) is 17.0 Å². The van der Waals surface area contributed by atoms with Gasteiger partial charge in [-0.1, -0.05) is 18.2 Å². The summed E-state index contributed by atoms with van der Waals surface area (Å²) in [5.41, 5.74) is 6.65. The van der Waals surface area contributed by atoms with Crippen molar-refractivity contribution in [1.82, 2.24) is 4.98 Å². The summed E-state index contributed by atoms with van der Waals surface area (Å²) in [4.78, 5) is 3.79. The van der Waals surface area contributed by atoms with Crippen molar-refractivity contribution >= 4 is 17.4 Å². The lowest BCUT2D eigenvalue weighted by atomic mass is 10.2. The second-order valence-corrected chi connectivity index (χ2v) is 4.87. The number of thioether (sulfide) groups is 1. The number of hydrogen-bond acceptors (Lipinski definition) is 3. The van der Waals surface area contributed by atoms with E-state index in [2.05, 4.69) is 4.98 Å². The maximum Gasteiger partial charge on any atom is 0.417 e. The van der Waals surface area contributed by atoms with Crippen LogP contribution in [-0.2, 0) is 11.9 Å². The first-order valence-electron chi connectivity index (χ1n) is 5.46. The van der Waals surface area contributed by atoms with Crippen molar-refractivity contribution in [3.05, 3.63) is 53.7 Å². The van der Waals surface area contributed by atoms with Crippen LogP contribution >= 0.6 is 11.8 Å². The average Bonchev–Trinajstić information content (AvgIpc) is 2.37. The van der Waals surface area contributed by atoms with Gasteiger partial charge in [0, 0.05) is 17.6 Å². The molecule has 0 aliphatic rings. The number of benzene rings is 1. The molecule has 0 saturated heterocycles. The normalized spacial score (nSPS) is 11.5. The van der Waals surface area contributed by atoms with E-state index in [1.807, 2.05) is 18.2 Å². The van der Waals surface area contributed by atoms with Crippen LogP contribution in [-0.4, -0.2) is 4.98 Å². The van der Waals surface area contributed by atoms with Crippen LogP contribution in [0.1, 0.15) is 11.1 Å². The van der Waals surface area contributed by atoms with Crippen LogP contribution in [0.4, 0.5) is 18.9 Å². The van der Waals surface area contributed by atoms with E-state index in [-0.39, 0.29) is 0 Å². The van der Waals surface area contributed by atoms with Crippen molar-refractivity contribution in [2.24, 2.45) is 0 Å². The zero-order chi connectivity index (χ0) is 13.9. The first-order valence-corrected chi connectivity index (χ1v) is 6.45. The zero-order valence-electron chi connectivity index (χ0n) is 9.82. The molecule has 6 heteroatoms. The lowest BCUT2D eigenvalue weighted by Gasteiger charge is -2.07. The maximum atomic E-state index is 12.4. The Hall–Kier alpha value is -1.69. The van der Waals surface area contributed by atoms with Crippen LogP contribution in [0.5, 0.6) is 0 Å². The smallest absolute Gasteiger partial charge is 0.398 e. The molecule has 0 radical (unpaired) electrons. The van der Waals surface area contributed by atoms with Crippen LogP contribution < -0.4 is 5.73 Å². The van der Waals surface area contributed by atoms with Gasteiger partial charge in [0.25, 0.3) is 0 Å². The van der Waals surface area contributed by atoms with Crippen molar-refractivity contribution in [3.8, 4) is 0 Å². The number of halogens is 3. The number of para-hydroxylation sites is 1. The van der Waals surface area contributed by atoms with Gasteiger partial charge in [-0.3, -0.25) is 0 Å². The molecule has 0 fully saturated rings. The fourth-order valence-electron chi connectivity index (χ4n) is 1.45. The number of nitrogen functional groups attached to an aromatic ring is 1. The van der Waals surface area contributed by atoms with Gasteiger partial charge in [0.1, 0.15) is 0 Å².